The van der Waals surface area contributed by atoms with E-state index in [1.807, 2.05) is 31.2 Å². The van der Waals surface area contributed by atoms with Gasteiger partial charge in [-0.1, -0.05) is 19.1 Å². The first-order valence-corrected chi connectivity index (χ1v) is 10.2. The largest absolute Gasteiger partial charge is 0.348 e. The summed E-state index contributed by atoms with van der Waals surface area (Å²) in [6.45, 7) is 3.97. The first-order valence-electron chi connectivity index (χ1n) is 7.19. The van der Waals surface area contributed by atoms with Gasteiger partial charge < -0.3 is 11.1 Å². The number of hydrogen-bond acceptors (Lipinski definition) is 5. The van der Waals surface area contributed by atoms with Gasteiger partial charge in [-0.15, -0.1) is 11.8 Å². The average molecular weight is 345 g/mol. The zero-order valence-corrected chi connectivity index (χ0v) is 14.8. The Labute approximate surface area is 137 Å². The number of carbonyl (C=O) groups excluding carboxylic acids is 1. The third-order valence-corrected chi connectivity index (χ3v) is 5.06. The Kier molecular flexibility index (Phi) is 7.38. The first-order chi connectivity index (χ1) is 10.2. The van der Waals surface area contributed by atoms with E-state index in [1.165, 1.54) is 4.90 Å². The summed E-state index contributed by atoms with van der Waals surface area (Å²) in [5.41, 5.74) is 6.72. The van der Waals surface area contributed by atoms with E-state index in [9.17, 15) is 13.2 Å². The molecule has 0 heterocycles. The van der Waals surface area contributed by atoms with Crippen LogP contribution < -0.4 is 11.1 Å². The Morgan fingerprint density at radius 2 is 1.91 bits per heavy atom. The van der Waals surface area contributed by atoms with Crippen LogP contribution in [0.25, 0.3) is 0 Å². The third-order valence-electron chi connectivity index (χ3n) is 3.19. The van der Waals surface area contributed by atoms with Crippen molar-refractivity contribution >= 4 is 27.5 Å². The molecule has 0 spiro atoms. The van der Waals surface area contributed by atoms with E-state index in [4.69, 9.17) is 5.73 Å². The molecule has 1 aromatic rings. The molecule has 0 saturated carbocycles. The highest BCUT2D eigenvalue weighted by atomic mass is 32.2. The summed E-state index contributed by atoms with van der Waals surface area (Å²) < 4.78 is 22.2. The van der Waals surface area contributed by atoms with E-state index < -0.39 is 15.9 Å². The van der Waals surface area contributed by atoms with Gasteiger partial charge in [0.2, 0.25) is 5.91 Å². The Balaban J connectivity index is 2.55. The number of rotatable bonds is 8. The number of benzene rings is 1. The molecule has 2 unspecified atom stereocenters. The molecule has 0 bridgehead atoms. The van der Waals surface area contributed by atoms with Crippen LogP contribution in [0.2, 0.25) is 0 Å². The first kappa shape index (κ1) is 19.0. The summed E-state index contributed by atoms with van der Waals surface area (Å²) in [5.74, 6) is 0.600. The molecule has 0 aromatic heterocycles. The van der Waals surface area contributed by atoms with Crippen LogP contribution in [0.3, 0.4) is 0 Å². The lowest BCUT2D eigenvalue weighted by molar-refractivity contribution is -0.123. The molecule has 7 heteroatoms. The lowest BCUT2D eigenvalue weighted by Gasteiger charge is -2.18. The average Bonchev–Trinajstić information content (AvgIpc) is 2.45. The maximum absolute atomic E-state index is 12.0. The number of nitrogens with one attached hydrogen (secondary N) is 1. The summed E-state index contributed by atoms with van der Waals surface area (Å²) >= 11 is 1.76. The van der Waals surface area contributed by atoms with E-state index in [-0.39, 0.29) is 24.1 Å². The number of carbonyl (C=O) groups is 1. The van der Waals surface area contributed by atoms with E-state index in [0.29, 0.717) is 0 Å². The molecule has 0 radical (unpaired) electrons. The molecule has 0 aliphatic rings. The van der Waals surface area contributed by atoms with Gasteiger partial charge in [0.25, 0.3) is 0 Å². The summed E-state index contributed by atoms with van der Waals surface area (Å²) in [6.07, 6.45) is 1.26. The van der Waals surface area contributed by atoms with Crippen molar-refractivity contribution in [3.63, 3.8) is 0 Å². The van der Waals surface area contributed by atoms with Crippen LogP contribution in [0.4, 0.5) is 0 Å². The van der Waals surface area contributed by atoms with Crippen molar-refractivity contribution in [3.8, 4) is 0 Å². The molecule has 2 atom stereocenters. The summed E-state index contributed by atoms with van der Waals surface area (Å²) in [4.78, 5) is 13.2. The Morgan fingerprint density at radius 1 is 1.32 bits per heavy atom. The number of thioether (sulfide) groups is 1. The van der Waals surface area contributed by atoms with Gasteiger partial charge in [-0.05, 0) is 36.8 Å². The molecule has 3 N–H and O–H groups in total. The van der Waals surface area contributed by atoms with Crippen LogP contribution in [0.1, 0.15) is 31.9 Å². The Hall–Kier alpha value is -1.05. The molecule has 1 rings (SSSR count). The minimum atomic E-state index is -3.11. The zero-order valence-electron chi connectivity index (χ0n) is 13.2. The maximum atomic E-state index is 12.0. The minimum Gasteiger partial charge on any atom is -0.348 e. The highest BCUT2D eigenvalue weighted by Crippen LogP contribution is 2.20. The van der Waals surface area contributed by atoms with Crippen LogP contribution in [-0.4, -0.2) is 38.1 Å². The second-order valence-electron chi connectivity index (χ2n) is 5.26. The van der Waals surface area contributed by atoms with Crippen LogP contribution in [0.15, 0.2) is 29.2 Å². The maximum Gasteiger partial charge on any atom is 0.237 e. The molecular formula is C15H24N2O3S2. The van der Waals surface area contributed by atoms with Crippen molar-refractivity contribution in [2.75, 3.05) is 17.8 Å². The second kappa shape index (κ2) is 8.55. The monoisotopic (exact) mass is 344 g/mol. The topological polar surface area (TPSA) is 89.3 Å². The van der Waals surface area contributed by atoms with E-state index in [0.717, 1.165) is 17.6 Å². The van der Waals surface area contributed by atoms with Gasteiger partial charge in [-0.3, -0.25) is 4.79 Å². The van der Waals surface area contributed by atoms with Crippen molar-refractivity contribution in [2.45, 2.75) is 37.2 Å². The van der Waals surface area contributed by atoms with Gasteiger partial charge in [-0.2, -0.15) is 0 Å². The Bertz CT molecular complexity index is 585. The van der Waals surface area contributed by atoms with Crippen LogP contribution in [0.5, 0.6) is 0 Å². The fourth-order valence-corrected chi connectivity index (χ4v) is 3.24. The van der Waals surface area contributed by atoms with Gasteiger partial charge in [0, 0.05) is 11.2 Å². The highest BCUT2D eigenvalue weighted by Gasteiger charge is 2.18. The number of nitrogens with two attached hydrogens (primary N) is 1. The fraction of sp³-hybridized carbons (Fsp3) is 0.533. The number of hydrogen-bond donors (Lipinski definition) is 2. The lowest BCUT2D eigenvalue weighted by atomic mass is 10.1. The molecule has 0 aliphatic carbocycles. The zero-order chi connectivity index (χ0) is 16.8. The molecule has 0 saturated heterocycles. The molecule has 1 amide bonds. The SMILES string of the molecule is CCSc1ccc(C(C)NC(=O)C(N)CCS(C)(=O)=O)cc1. The summed E-state index contributed by atoms with van der Waals surface area (Å²) in [6, 6.07) is 7.02. The van der Waals surface area contributed by atoms with Gasteiger partial charge >= 0.3 is 0 Å². The molecule has 1 aromatic carbocycles. The minimum absolute atomic E-state index is 0.0844. The van der Waals surface area contributed by atoms with Gasteiger partial charge in [-0.25, -0.2) is 8.42 Å². The normalized spacial score (nSPS) is 14.4. The predicted octanol–water partition coefficient (Wildman–Crippen LogP) is 1.74. The quantitative estimate of drug-likeness (QED) is 0.701. The molecular weight excluding hydrogens is 320 g/mol. The van der Waals surface area contributed by atoms with Crippen LogP contribution >= 0.6 is 11.8 Å². The molecule has 0 fully saturated rings. The standard InChI is InChI=1S/C15H24N2O3S2/c1-4-21-13-7-5-12(6-8-13)11(2)17-15(18)14(16)9-10-22(3,19)20/h5-8,11,14H,4,9-10,16H2,1-3H3,(H,17,18). The number of sulfone groups is 1. The van der Waals surface area contributed by atoms with Gasteiger partial charge in [0.05, 0.1) is 17.8 Å². The summed E-state index contributed by atoms with van der Waals surface area (Å²) in [5, 5.41) is 2.82. The fourth-order valence-electron chi connectivity index (χ4n) is 1.90. The molecule has 22 heavy (non-hydrogen) atoms. The van der Waals surface area contributed by atoms with Crippen LogP contribution in [-0.2, 0) is 14.6 Å². The van der Waals surface area contributed by atoms with E-state index in [1.54, 1.807) is 11.8 Å². The summed E-state index contributed by atoms with van der Waals surface area (Å²) in [7, 11) is -3.11. The number of amides is 1. The van der Waals surface area contributed by atoms with Crippen molar-refractivity contribution in [2.24, 2.45) is 5.73 Å². The molecule has 124 valence electrons. The van der Waals surface area contributed by atoms with Gasteiger partial charge in [0.1, 0.15) is 9.84 Å². The van der Waals surface area contributed by atoms with Crippen molar-refractivity contribution in [1.82, 2.24) is 5.32 Å². The highest BCUT2D eigenvalue weighted by molar-refractivity contribution is 7.99. The van der Waals surface area contributed by atoms with Crippen molar-refractivity contribution in [1.29, 1.82) is 0 Å². The molecule has 5 nitrogen and oxygen atoms in total. The van der Waals surface area contributed by atoms with Crippen molar-refractivity contribution in [3.05, 3.63) is 29.8 Å². The van der Waals surface area contributed by atoms with E-state index >= 15 is 0 Å². The van der Waals surface area contributed by atoms with Crippen LogP contribution in [0, 0.1) is 0 Å². The van der Waals surface area contributed by atoms with Gasteiger partial charge in [0.15, 0.2) is 0 Å². The third kappa shape index (κ3) is 6.81. The van der Waals surface area contributed by atoms with E-state index in [2.05, 4.69) is 12.2 Å². The lowest BCUT2D eigenvalue weighted by Crippen LogP contribution is -2.42. The second-order valence-corrected chi connectivity index (χ2v) is 8.85. The molecule has 0 aliphatic heterocycles. The predicted molar refractivity (Wildman–Crippen MR) is 91.7 cm³/mol. The van der Waals surface area contributed by atoms with Crippen molar-refractivity contribution < 1.29 is 13.2 Å². The smallest absolute Gasteiger partial charge is 0.237 e. The Morgan fingerprint density at radius 3 is 2.41 bits per heavy atom.